The predicted octanol–water partition coefficient (Wildman–Crippen LogP) is 2.56. The number of carbonyl (C=O) groups excluding carboxylic acids is 1. The zero-order valence-electron chi connectivity index (χ0n) is 14.0. The van der Waals surface area contributed by atoms with Crippen molar-refractivity contribution in [2.45, 2.75) is 19.4 Å². The van der Waals surface area contributed by atoms with Gasteiger partial charge in [0.1, 0.15) is 11.8 Å². The van der Waals surface area contributed by atoms with Crippen molar-refractivity contribution in [2.75, 3.05) is 19.7 Å². The van der Waals surface area contributed by atoms with E-state index >= 15 is 0 Å². The molecule has 1 saturated heterocycles. The molecule has 0 saturated carbocycles. The summed E-state index contributed by atoms with van der Waals surface area (Å²) in [5.74, 6) is -1.35. The number of carboxylic acid groups (broad SMARTS) is 1. The first-order valence-electron chi connectivity index (χ1n) is 8.27. The number of aryl methyl sites for hydroxylation is 1. The molecule has 2 aromatic rings. The Hall–Kier alpha value is -2.73. The van der Waals surface area contributed by atoms with Crippen LogP contribution in [0.4, 0.5) is 0 Å². The largest absolute Gasteiger partial charge is 0.478 e. The maximum absolute atomic E-state index is 12.7. The smallest absolute Gasteiger partial charge is 0.335 e. The van der Waals surface area contributed by atoms with Crippen LogP contribution in [0.3, 0.4) is 0 Å². The molecule has 6 nitrogen and oxygen atoms in total. The standard InChI is InChI=1S/C19H20N2O4/c1-2-13-3-5-14(6-4-13)17-12-21(9-10-25-17)18(22)16-11-15(19(23)24)7-8-20-16/h3-8,11,17H,2,9-10,12H2,1H3,(H,23,24). The van der Waals surface area contributed by atoms with Gasteiger partial charge in [0.2, 0.25) is 0 Å². The van der Waals surface area contributed by atoms with Gasteiger partial charge in [0.15, 0.2) is 0 Å². The highest BCUT2D eigenvalue weighted by Crippen LogP contribution is 2.23. The molecule has 1 aromatic heterocycles. The number of rotatable bonds is 4. The van der Waals surface area contributed by atoms with Gasteiger partial charge in [-0.1, -0.05) is 31.2 Å². The van der Waals surface area contributed by atoms with Crippen LogP contribution in [0, 0.1) is 0 Å². The molecule has 2 heterocycles. The third-order valence-corrected chi connectivity index (χ3v) is 4.34. The number of aromatic carboxylic acids is 1. The molecular formula is C19H20N2O4. The number of carboxylic acids is 1. The van der Waals surface area contributed by atoms with Crippen molar-refractivity contribution in [1.29, 1.82) is 0 Å². The summed E-state index contributed by atoms with van der Waals surface area (Å²) in [5, 5.41) is 9.06. The molecule has 6 heteroatoms. The SMILES string of the molecule is CCc1ccc(C2CN(C(=O)c3cc(C(=O)O)ccn3)CCO2)cc1. The summed E-state index contributed by atoms with van der Waals surface area (Å²) in [7, 11) is 0. The van der Waals surface area contributed by atoms with Gasteiger partial charge in [0, 0.05) is 12.7 Å². The lowest BCUT2D eigenvalue weighted by Gasteiger charge is -2.33. The van der Waals surface area contributed by atoms with Crippen LogP contribution in [0.2, 0.25) is 0 Å². The molecule has 0 bridgehead atoms. The Morgan fingerprint density at radius 3 is 2.72 bits per heavy atom. The molecule has 1 aliphatic rings. The molecule has 0 aliphatic carbocycles. The third-order valence-electron chi connectivity index (χ3n) is 4.34. The molecule has 3 rings (SSSR count). The maximum atomic E-state index is 12.7. The van der Waals surface area contributed by atoms with E-state index in [1.165, 1.54) is 23.9 Å². The average molecular weight is 340 g/mol. The summed E-state index contributed by atoms with van der Waals surface area (Å²) < 4.78 is 5.81. The Kier molecular flexibility index (Phi) is 5.09. The van der Waals surface area contributed by atoms with Gasteiger partial charge in [-0.3, -0.25) is 9.78 Å². The van der Waals surface area contributed by atoms with Crippen LogP contribution >= 0.6 is 0 Å². The van der Waals surface area contributed by atoms with Gasteiger partial charge < -0.3 is 14.7 Å². The minimum absolute atomic E-state index is 0.0540. The highest BCUT2D eigenvalue weighted by Gasteiger charge is 2.27. The third kappa shape index (κ3) is 3.85. The van der Waals surface area contributed by atoms with Gasteiger partial charge in [0.25, 0.3) is 5.91 Å². The van der Waals surface area contributed by atoms with Gasteiger partial charge in [-0.05, 0) is 29.7 Å². The van der Waals surface area contributed by atoms with Crippen LogP contribution in [0.25, 0.3) is 0 Å². The van der Waals surface area contributed by atoms with Crippen molar-refractivity contribution in [1.82, 2.24) is 9.88 Å². The highest BCUT2D eigenvalue weighted by atomic mass is 16.5. The normalized spacial score (nSPS) is 17.3. The maximum Gasteiger partial charge on any atom is 0.335 e. The number of aromatic nitrogens is 1. The quantitative estimate of drug-likeness (QED) is 0.925. The van der Waals surface area contributed by atoms with Gasteiger partial charge in [-0.2, -0.15) is 0 Å². The number of carbonyl (C=O) groups is 2. The number of pyridine rings is 1. The van der Waals surface area contributed by atoms with E-state index in [0.717, 1.165) is 12.0 Å². The first kappa shape index (κ1) is 17.1. The lowest BCUT2D eigenvalue weighted by atomic mass is 10.0. The van der Waals surface area contributed by atoms with Crippen molar-refractivity contribution in [3.05, 3.63) is 65.0 Å². The number of ether oxygens (including phenoxy) is 1. The first-order valence-corrected chi connectivity index (χ1v) is 8.27. The molecule has 1 atom stereocenters. The van der Waals surface area contributed by atoms with E-state index in [1.807, 2.05) is 12.1 Å². The molecule has 0 spiro atoms. The van der Waals surface area contributed by atoms with Gasteiger partial charge in [-0.15, -0.1) is 0 Å². The van der Waals surface area contributed by atoms with E-state index in [2.05, 4.69) is 24.0 Å². The van der Waals surface area contributed by atoms with Crippen molar-refractivity contribution in [2.24, 2.45) is 0 Å². The van der Waals surface area contributed by atoms with Gasteiger partial charge in [-0.25, -0.2) is 4.79 Å². The summed E-state index contributed by atoms with van der Waals surface area (Å²) in [6.07, 6.45) is 2.13. The van der Waals surface area contributed by atoms with Crippen molar-refractivity contribution >= 4 is 11.9 Å². The van der Waals surface area contributed by atoms with Crippen LogP contribution in [0.15, 0.2) is 42.6 Å². The molecular weight excluding hydrogens is 320 g/mol. The Bertz CT molecular complexity index is 773. The van der Waals surface area contributed by atoms with E-state index in [4.69, 9.17) is 9.84 Å². The van der Waals surface area contributed by atoms with Crippen LogP contribution in [-0.2, 0) is 11.2 Å². The number of amides is 1. The van der Waals surface area contributed by atoms with Gasteiger partial charge in [0.05, 0.1) is 18.7 Å². The van der Waals surface area contributed by atoms with E-state index in [9.17, 15) is 9.59 Å². The van der Waals surface area contributed by atoms with E-state index in [0.29, 0.717) is 19.7 Å². The predicted molar refractivity (Wildman–Crippen MR) is 91.6 cm³/mol. The zero-order valence-corrected chi connectivity index (χ0v) is 14.0. The molecule has 1 N–H and O–H groups in total. The summed E-state index contributed by atoms with van der Waals surface area (Å²) in [5.41, 5.74) is 2.48. The molecule has 0 radical (unpaired) electrons. The fourth-order valence-corrected chi connectivity index (χ4v) is 2.85. The number of hydrogen-bond donors (Lipinski definition) is 1. The van der Waals surface area contributed by atoms with Crippen molar-refractivity contribution in [3.8, 4) is 0 Å². The minimum atomic E-state index is -1.08. The Balaban J connectivity index is 1.75. The number of nitrogens with zero attached hydrogens (tertiary/aromatic N) is 2. The second kappa shape index (κ2) is 7.44. The lowest BCUT2D eigenvalue weighted by Crippen LogP contribution is -2.42. The van der Waals surface area contributed by atoms with E-state index in [-0.39, 0.29) is 23.3 Å². The Labute approximate surface area is 146 Å². The molecule has 1 aliphatic heterocycles. The fraction of sp³-hybridized carbons (Fsp3) is 0.316. The minimum Gasteiger partial charge on any atom is -0.478 e. The molecule has 1 unspecified atom stereocenters. The van der Waals surface area contributed by atoms with E-state index in [1.54, 1.807) is 4.90 Å². The van der Waals surface area contributed by atoms with Crippen LogP contribution in [0.1, 0.15) is 45.0 Å². The highest BCUT2D eigenvalue weighted by molar-refractivity contribution is 5.95. The number of hydrogen-bond acceptors (Lipinski definition) is 4. The fourth-order valence-electron chi connectivity index (χ4n) is 2.85. The second-order valence-corrected chi connectivity index (χ2v) is 5.94. The topological polar surface area (TPSA) is 79.7 Å². The molecule has 25 heavy (non-hydrogen) atoms. The number of morpholine rings is 1. The lowest BCUT2D eigenvalue weighted by molar-refractivity contribution is -0.0230. The summed E-state index contributed by atoms with van der Waals surface area (Å²) in [4.78, 5) is 29.4. The van der Waals surface area contributed by atoms with Crippen LogP contribution < -0.4 is 0 Å². The van der Waals surface area contributed by atoms with Crippen LogP contribution in [0.5, 0.6) is 0 Å². The summed E-state index contributed by atoms with van der Waals surface area (Å²) >= 11 is 0. The monoisotopic (exact) mass is 340 g/mol. The molecule has 1 amide bonds. The second-order valence-electron chi connectivity index (χ2n) is 5.94. The van der Waals surface area contributed by atoms with Crippen molar-refractivity contribution < 1.29 is 19.4 Å². The molecule has 1 aromatic carbocycles. The number of benzene rings is 1. The zero-order chi connectivity index (χ0) is 17.8. The Morgan fingerprint density at radius 2 is 2.04 bits per heavy atom. The van der Waals surface area contributed by atoms with Gasteiger partial charge >= 0.3 is 5.97 Å². The summed E-state index contributed by atoms with van der Waals surface area (Å²) in [6, 6.07) is 10.9. The van der Waals surface area contributed by atoms with Crippen LogP contribution in [-0.4, -0.2) is 46.6 Å². The Morgan fingerprint density at radius 1 is 1.28 bits per heavy atom. The molecule has 1 fully saturated rings. The van der Waals surface area contributed by atoms with Crippen molar-refractivity contribution in [3.63, 3.8) is 0 Å². The average Bonchev–Trinajstić information content (AvgIpc) is 2.67. The molecule has 130 valence electrons. The van der Waals surface area contributed by atoms with E-state index < -0.39 is 5.97 Å². The first-order chi connectivity index (χ1) is 12.1. The summed E-state index contributed by atoms with van der Waals surface area (Å²) in [6.45, 7) is 3.42.